The summed E-state index contributed by atoms with van der Waals surface area (Å²) in [4.78, 5) is 0. The van der Waals surface area contributed by atoms with Gasteiger partial charge in [-0.2, -0.15) is 0 Å². The summed E-state index contributed by atoms with van der Waals surface area (Å²) in [5.74, 6) is 0. The van der Waals surface area contributed by atoms with E-state index < -0.39 is 10.4 Å². The van der Waals surface area contributed by atoms with Gasteiger partial charge in [0.15, 0.2) is 0 Å². The van der Waals surface area contributed by atoms with Gasteiger partial charge < -0.3 is 8.74 Å². The quantitative estimate of drug-likeness (QED) is 0.0965. The van der Waals surface area contributed by atoms with Crippen LogP contribution < -0.4 is 51.4 Å². The summed E-state index contributed by atoms with van der Waals surface area (Å²) >= 11 is 0. The molecular formula is C21H41KO4S. The molecule has 0 N–H and O–H groups in total. The maximum atomic E-state index is 10.2. The molecule has 0 bridgehead atoms. The van der Waals surface area contributed by atoms with Crippen molar-refractivity contribution < 1.29 is 68.5 Å². The van der Waals surface area contributed by atoms with Gasteiger partial charge in [0.05, 0.1) is 0 Å². The smallest absolute Gasteiger partial charge is 0.716 e. The summed E-state index contributed by atoms with van der Waals surface area (Å²) in [6, 6.07) is 0. The average Bonchev–Trinajstić information content (AvgIpc) is 2.59. The first kappa shape index (κ1) is 30.3. The van der Waals surface area contributed by atoms with Crippen molar-refractivity contribution in [3.05, 3.63) is 12.3 Å². The van der Waals surface area contributed by atoms with Crippen molar-refractivity contribution in [2.45, 2.75) is 122 Å². The number of rotatable bonds is 20. The van der Waals surface area contributed by atoms with Crippen LogP contribution in [0, 0.1) is 0 Å². The Hall–Kier alpha value is 1.09. The van der Waals surface area contributed by atoms with Crippen LogP contribution in [0.1, 0.15) is 122 Å². The predicted octanol–water partition coefficient (Wildman–Crippen LogP) is 4.02. The number of hydrogen-bond donors (Lipinski definition) is 0. The third-order valence-electron chi connectivity index (χ3n) is 4.74. The van der Waals surface area contributed by atoms with Crippen molar-refractivity contribution in [2.75, 3.05) is 0 Å². The number of unbranched alkanes of at least 4 members (excludes halogenated alkanes) is 17. The Balaban J connectivity index is 0. The van der Waals surface area contributed by atoms with Crippen molar-refractivity contribution in [3.8, 4) is 0 Å². The molecule has 0 aromatic rings. The van der Waals surface area contributed by atoms with E-state index in [0.29, 0.717) is 0 Å². The van der Waals surface area contributed by atoms with E-state index in [-0.39, 0.29) is 51.4 Å². The van der Waals surface area contributed by atoms with Gasteiger partial charge in [-0.1, -0.05) is 110 Å². The van der Waals surface area contributed by atoms with Gasteiger partial charge in [-0.15, -0.1) is 0 Å². The Morgan fingerprint density at radius 2 is 1.00 bits per heavy atom. The van der Waals surface area contributed by atoms with Gasteiger partial charge in [-0.25, -0.2) is 8.42 Å². The van der Waals surface area contributed by atoms with Gasteiger partial charge in [0.25, 0.3) is 10.4 Å². The molecule has 27 heavy (non-hydrogen) atoms. The fourth-order valence-electron chi connectivity index (χ4n) is 3.16. The Bertz CT molecular complexity index is 410. The summed E-state index contributed by atoms with van der Waals surface area (Å²) in [6.45, 7) is 2.27. The molecule has 0 saturated heterocycles. The van der Waals surface area contributed by atoms with Gasteiger partial charge >= 0.3 is 51.4 Å². The van der Waals surface area contributed by atoms with Crippen LogP contribution in [0.25, 0.3) is 0 Å². The molecule has 0 fully saturated rings. The zero-order valence-corrected chi connectivity index (χ0v) is 21.9. The van der Waals surface area contributed by atoms with Gasteiger partial charge in [0.2, 0.25) is 0 Å². The molecule has 0 aromatic heterocycles. The molecule has 0 aromatic carbocycles. The first-order valence-corrected chi connectivity index (χ1v) is 12.2. The minimum absolute atomic E-state index is 0. The van der Waals surface area contributed by atoms with Crippen molar-refractivity contribution in [2.24, 2.45) is 0 Å². The minimum atomic E-state index is -4.58. The van der Waals surface area contributed by atoms with Gasteiger partial charge in [-0.05, 0) is 18.9 Å². The molecule has 156 valence electrons. The third-order valence-corrected chi connectivity index (χ3v) is 5.09. The molecule has 0 saturated carbocycles. The third kappa shape index (κ3) is 29.4. The molecule has 0 atom stereocenters. The molecule has 4 nitrogen and oxygen atoms in total. The van der Waals surface area contributed by atoms with E-state index in [1.807, 2.05) is 0 Å². The van der Waals surface area contributed by atoms with Gasteiger partial charge in [-0.3, -0.25) is 0 Å². The zero-order valence-electron chi connectivity index (χ0n) is 17.9. The first-order valence-electron chi connectivity index (χ1n) is 10.9. The minimum Gasteiger partial charge on any atom is -0.716 e. The maximum Gasteiger partial charge on any atom is 1.00 e. The van der Waals surface area contributed by atoms with Gasteiger partial charge in [0.1, 0.15) is 6.26 Å². The van der Waals surface area contributed by atoms with Crippen LogP contribution in [0.4, 0.5) is 0 Å². The van der Waals surface area contributed by atoms with E-state index in [0.717, 1.165) is 25.5 Å². The standard InChI is InChI=1S/C21H42O4S.K/c1-2-3-4-5-6-7-8-9-10-11-12-13-14-15-16-17-18-19-20-21-25-26(22,23)24;/h20-21H,2-19H2,1H3,(H,22,23,24);/q;+1/p-1/b21-20+;. The zero-order chi connectivity index (χ0) is 19.3. The molecule has 0 spiro atoms. The normalized spacial score (nSPS) is 11.6. The molecule has 0 rings (SSSR count). The predicted molar refractivity (Wildman–Crippen MR) is 109 cm³/mol. The van der Waals surface area contributed by atoms with Crippen LogP contribution in [-0.2, 0) is 14.6 Å². The SMILES string of the molecule is CCCCCCCCCCCCCCCCCCC/C=C/OS(=O)(=O)[O-].[K+]. The van der Waals surface area contributed by atoms with E-state index >= 15 is 0 Å². The Kier molecular flexibility index (Phi) is 26.2. The van der Waals surface area contributed by atoms with Crippen molar-refractivity contribution in [1.29, 1.82) is 0 Å². The molecule has 0 heterocycles. The van der Waals surface area contributed by atoms with Gasteiger partial charge in [0, 0.05) is 0 Å². The fourth-order valence-corrected chi connectivity index (χ4v) is 3.38. The second-order valence-electron chi connectivity index (χ2n) is 7.32. The molecule has 6 heteroatoms. The van der Waals surface area contributed by atoms with Crippen molar-refractivity contribution >= 4 is 10.4 Å². The second kappa shape index (κ2) is 23.4. The van der Waals surface area contributed by atoms with E-state index in [9.17, 15) is 13.0 Å². The largest absolute Gasteiger partial charge is 1.00 e. The Morgan fingerprint density at radius 3 is 1.33 bits per heavy atom. The second-order valence-corrected chi connectivity index (χ2v) is 8.33. The van der Waals surface area contributed by atoms with Crippen LogP contribution >= 0.6 is 0 Å². The van der Waals surface area contributed by atoms with Crippen molar-refractivity contribution in [1.82, 2.24) is 0 Å². The maximum absolute atomic E-state index is 10.2. The molecule has 0 radical (unpaired) electrons. The fraction of sp³-hybridized carbons (Fsp3) is 0.905. The van der Waals surface area contributed by atoms with E-state index in [2.05, 4.69) is 11.1 Å². The molecule has 0 aliphatic rings. The van der Waals surface area contributed by atoms with E-state index in [4.69, 9.17) is 0 Å². The van der Waals surface area contributed by atoms with Crippen LogP contribution in [0.15, 0.2) is 12.3 Å². The molecule has 0 aliphatic heterocycles. The summed E-state index contributed by atoms with van der Waals surface area (Å²) in [6.07, 6.45) is 26.2. The monoisotopic (exact) mass is 428 g/mol. The molecular weight excluding hydrogens is 387 g/mol. The van der Waals surface area contributed by atoms with Crippen LogP contribution in [0.3, 0.4) is 0 Å². The van der Waals surface area contributed by atoms with Crippen LogP contribution in [-0.4, -0.2) is 13.0 Å². The summed E-state index contributed by atoms with van der Waals surface area (Å²) in [5, 5.41) is 0. The first-order chi connectivity index (χ1) is 12.6. The average molecular weight is 429 g/mol. The molecule has 0 unspecified atom stereocenters. The van der Waals surface area contributed by atoms with Crippen LogP contribution in [0.5, 0.6) is 0 Å². The Labute approximate surface area is 211 Å². The van der Waals surface area contributed by atoms with E-state index in [1.165, 1.54) is 96.3 Å². The summed E-state index contributed by atoms with van der Waals surface area (Å²) in [5.41, 5.74) is 0. The van der Waals surface area contributed by atoms with Crippen LogP contribution in [0.2, 0.25) is 0 Å². The summed E-state index contributed by atoms with van der Waals surface area (Å²) < 4.78 is 34.6. The van der Waals surface area contributed by atoms with Crippen molar-refractivity contribution in [3.63, 3.8) is 0 Å². The van der Waals surface area contributed by atoms with E-state index in [1.54, 1.807) is 6.08 Å². The molecule has 0 aliphatic carbocycles. The number of allylic oxidation sites excluding steroid dienone is 1. The Morgan fingerprint density at radius 1 is 0.667 bits per heavy atom. The molecule has 0 amide bonds. The summed E-state index contributed by atoms with van der Waals surface area (Å²) in [7, 11) is -4.58. The number of hydrogen-bond acceptors (Lipinski definition) is 4. The topological polar surface area (TPSA) is 66.4 Å².